The van der Waals surface area contributed by atoms with Gasteiger partial charge < -0.3 is 14.6 Å². The van der Waals surface area contributed by atoms with Crippen molar-refractivity contribution < 1.29 is 36.2 Å². The van der Waals surface area contributed by atoms with E-state index in [-0.39, 0.29) is 34.7 Å². The zero-order valence-corrected chi connectivity index (χ0v) is 18.8. The summed E-state index contributed by atoms with van der Waals surface area (Å²) in [7, 11) is 1.56. The van der Waals surface area contributed by atoms with Crippen LogP contribution in [0.15, 0.2) is 42.7 Å². The number of alkyl halides is 6. The second-order valence-electron chi connectivity index (χ2n) is 9.34. The Labute approximate surface area is 201 Å². The molecule has 6 nitrogen and oxygen atoms in total. The van der Waals surface area contributed by atoms with Gasteiger partial charge in [-0.25, -0.2) is 0 Å². The molecule has 2 heterocycles. The van der Waals surface area contributed by atoms with E-state index in [2.05, 4.69) is 17.1 Å². The summed E-state index contributed by atoms with van der Waals surface area (Å²) in [5.41, 5.74) is -5.03. The largest absolute Gasteiger partial charge is 0.417 e. The topological polar surface area (TPSA) is 71.2 Å². The first kappa shape index (κ1) is 24.3. The zero-order chi connectivity index (χ0) is 26.3. The molecule has 1 fully saturated rings. The van der Waals surface area contributed by atoms with E-state index in [1.54, 1.807) is 7.05 Å². The molecule has 12 heteroatoms. The van der Waals surface area contributed by atoms with Crippen molar-refractivity contribution in [2.24, 2.45) is 7.05 Å². The van der Waals surface area contributed by atoms with Crippen LogP contribution in [0, 0.1) is 6.92 Å². The van der Waals surface area contributed by atoms with Crippen LogP contribution >= 0.6 is 0 Å². The molecule has 3 aromatic rings. The maximum absolute atomic E-state index is 13.6. The molecule has 1 aromatic heterocycles. The second-order valence-corrected chi connectivity index (χ2v) is 9.34. The smallest absolute Gasteiger partial charge is 0.380 e. The highest BCUT2D eigenvalue weighted by atomic mass is 19.4. The third-order valence-electron chi connectivity index (χ3n) is 6.97. The normalized spacial score (nSPS) is 24.1. The number of rotatable bonds is 3. The minimum atomic E-state index is -4.88. The van der Waals surface area contributed by atoms with Gasteiger partial charge in [0.25, 0.3) is 5.91 Å². The maximum Gasteiger partial charge on any atom is 0.417 e. The summed E-state index contributed by atoms with van der Waals surface area (Å²) in [6.07, 6.45) is -9.70. The highest BCUT2D eigenvalue weighted by molar-refractivity contribution is 6.10. The molecule has 189 valence electrons. The molecule has 0 bridgehead atoms. The number of halogens is 6. The number of anilines is 1. The molecule has 0 atom stereocenters. The van der Waals surface area contributed by atoms with Gasteiger partial charge in [0.2, 0.25) is 0 Å². The number of aromatic nitrogens is 3. The lowest BCUT2D eigenvalue weighted by Crippen LogP contribution is -2.63. The molecule has 1 aliphatic carbocycles. The number of carbonyl (C=O) groups excluding carboxylic acids is 1. The fourth-order valence-corrected chi connectivity index (χ4v) is 5.26. The second kappa shape index (κ2) is 7.55. The molecule has 0 unspecified atom stereocenters. The molecule has 1 N–H and O–H groups in total. The van der Waals surface area contributed by atoms with Gasteiger partial charge in [0.05, 0.1) is 17.5 Å². The quantitative estimate of drug-likeness (QED) is 0.526. The summed E-state index contributed by atoms with van der Waals surface area (Å²) < 4.78 is 83.0. The van der Waals surface area contributed by atoms with Gasteiger partial charge in [0.1, 0.15) is 12.2 Å². The number of hydrogen-bond donors (Lipinski definition) is 1. The fourth-order valence-electron chi connectivity index (χ4n) is 5.26. The Hall–Kier alpha value is -3.41. The Morgan fingerprint density at radius 1 is 1.08 bits per heavy atom. The third kappa shape index (κ3) is 3.49. The van der Waals surface area contributed by atoms with Crippen LogP contribution in [0.5, 0.6) is 0 Å². The summed E-state index contributed by atoms with van der Waals surface area (Å²) in [5.74, 6) is -0.489. The molecule has 0 saturated heterocycles. The van der Waals surface area contributed by atoms with Crippen molar-refractivity contribution >= 4 is 11.6 Å². The molecule has 2 aliphatic rings. The zero-order valence-electron chi connectivity index (χ0n) is 18.8. The number of fused-ring (bicyclic) bond motifs is 1. The van der Waals surface area contributed by atoms with Crippen LogP contribution < -0.4 is 4.90 Å². The number of carbonyl (C=O) groups is 1. The number of amides is 1. The van der Waals surface area contributed by atoms with Crippen LogP contribution in [-0.2, 0) is 25.2 Å². The molecule has 36 heavy (non-hydrogen) atoms. The van der Waals surface area contributed by atoms with Gasteiger partial charge in [-0.3, -0.25) is 4.79 Å². The summed E-state index contributed by atoms with van der Waals surface area (Å²) >= 11 is 0. The Morgan fingerprint density at radius 3 is 2.36 bits per heavy atom. The van der Waals surface area contributed by atoms with E-state index in [9.17, 15) is 36.2 Å². The van der Waals surface area contributed by atoms with Crippen molar-refractivity contribution in [3.63, 3.8) is 0 Å². The Kier molecular flexibility index (Phi) is 5.09. The van der Waals surface area contributed by atoms with Crippen molar-refractivity contribution in [3.8, 4) is 0 Å². The Bertz CT molecular complexity index is 1370. The minimum absolute atomic E-state index is 0.0344. The van der Waals surface area contributed by atoms with Gasteiger partial charge in [0, 0.05) is 31.1 Å². The molecule has 1 aliphatic heterocycles. The van der Waals surface area contributed by atoms with Gasteiger partial charge in [0.15, 0.2) is 5.60 Å². The highest BCUT2D eigenvalue weighted by Crippen LogP contribution is 2.59. The van der Waals surface area contributed by atoms with Crippen LogP contribution in [-0.4, -0.2) is 37.6 Å². The number of benzene rings is 2. The Morgan fingerprint density at radius 2 is 1.78 bits per heavy atom. The summed E-state index contributed by atoms with van der Waals surface area (Å²) in [6.45, 7) is 3.17. The van der Waals surface area contributed by atoms with E-state index in [1.165, 1.54) is 41.2 Å². The lowest BCUT2D eigenvalue weighted by Gasteiger charge is -2.53. The van der Waals surface area contributed by atoms with Gasteiger partial charge in [-0.2, -0.15) is 26.3 Å². The first-order valence-corrected chi connectivity index (χ1v) is 10.8. The average Bonchev–Trinajstić information content (AvgIpc) is 3.33. The van der Waals surface area contributed by atoms with Crippen molar-refractivity contribution in [1.82, 2.24) is 14.8 Å². The number of aliphatic hydroxyl groups is 1. The first-order valence-electron chi connectivity index (χ1n) is 10.8. The average molecular weight is 509 g/mol. The van der Waals surface area contributed by atoms with Crippen LogP contribution in [0.2, 0.25) is 0 Å². The number of aryl methyl sites for hydroxylation is 1. The molecular weight excluding hydrogens is 490 g/mol. The predicted molar refractivity (Wildman–Crippen MR) is 115 cm³/mol. The first-order chi connectivity index (χ1) is 16.7. The van der Waals surface area contributed by atoms with E-state index in [4.69, 9.17) is 0 Å². The molecule has 1 saturated carbocycles. The molecule has 1 radical (unpaired) electrons. The van der Waals surface area contributed by atoms with E-state index in [0.29, 0.717) is 5.56 Å². The number of hydrogen-bond acceptors (Lipinski definition) is 4. The molecule has 2 aromatic carbocycles. The van der Waals surface area contributed by atoms with Crippen molar-refractivity contribution in [3.05, 3.63) is 83.3 Å². The molecular formula is C24H19F6N4O2. The summed E-state index contributed by atoms with van der Waals surface area (Å²) in [6, 6.07) is 8.14. The van der Waals surface area contributed by atoms with Gasteiger partial charge in [-0.1, -0.05) is 12.1 Å². The molecule has 0 spiro atoms. The fraction of sp³-hybridized carbons (Fsp3) is 0.333. The van der Waals surface area contributed by atoms with Crippen molar-refractivity contribution in [2.75, 3.05) is 4.90 Å². The summed E-state index contributed by atoms with van der Waals surface area (Å²) in [5, 5.41) is 18.0. The third-order valence-corrected chi connectivity index (χ3v) is 6.97. The summed E-state index contributed by atoms with van der Waals surface area (Å²) in [4.78, 5) is 14.2. The SMILES string of the molecule is [CH2]c1cc2c(c(C(F)(F)F)c1)CN(c1cccc(C3(c4nncn4C)CC(O)(C(F)(F)F)C3)c1)C2=O. The minimum Gasteiger partial charge on any atom is -0.380 e. The van der Waals surface area contributed by atoms with E-state index in [0.717, 1.165) is 11.0 Å². The van der Waals surface area contributed by atoms with Crippen LogP contribution in [0.25, 0.3) is 0 Å². The van der Waals surface area contributed by atoms with Crippen molar-refractivity contribution in [1.29, 1.82) is 0 Å². The van der Waals surface area contributed by atoms with E-state index < -0.39 is 47.7 Å². The number of nitrogens with zero attached hydrogens (tertiary/aromatic N) is 4. The van der Waals surface area contributed by atoms with Gasteiger partial charge in [-0.15, -0.1) is 10.2 Å². The standard InChI is InChI=1S/C24H19F6N4O2/c1-13-6-16-17(18(7-13)23(25,26)27)9-34(19(16)35)15-5-3-4-14(8-15)21(20-32-31-12-33(20)2)10-22(36,11-21)24(28,29)30/h3-8,12,36H,1,9-11H2,2H3. The van der Waals surface area contributed by atoms with Crippen LogP contribution in [0.3, 0.4) is 0 Å². The van der Waals surface area contributed by atoms with Crippen molar-refractivity contribution in [2.45, 2.75) is 42.8 Å². The van der Waals surface area contributed by atoms with E-state index in [1.807, 2.05) is 0 Å². The lowest BCUT2D eigenvalue weighted by atomic mass is 9.55. The van der Waals surface area contributed by atoms with Gasteiger partial charge in [-0.05, 0) is 47.9 Å². The monoisotopic (exact) mass is 509 g/mol. The van der Waals surface area contributed by atoms with Gasteiger partial charge >= 0.3 is 12.4 Å². The molecule has 1 amide bonds. The van der Waals surface area contributed by atoms with E-state index >= 15 is 0 Å². The highest BCUT2D eigenvalue weighted by Gasteiger charge is 2.69. The van der Waals surface area contributed by atoms with Crippen LogP contribution in [0.1, 0.15) is 51.3 Å². The lowest BCUT2D eigenvalue weighted by molar-refractivity contribution is -0.301. The Balaban J connectivity index is 1.57. The maximum atomic E-state index is 13.6. The molecule has 5 rings (SSSR count). The van der Waals surface area contributed by atoms with Crippen LogP contribution in [0.4, 0.5) is 32.0 Å². The predicted octanol–water partition coefficient (Wildman–Crippen LogP) is 4.55.